The predicted octanol–water partition coefficient (Wildman–Crippen LogP) is 0.322. The maximum atomic E-state index is 11.6. The van der Waals surface area contributed by atoms with Gasteiger partial charge in [-0.25, -0.2) is 4.79 Å². The van der Waals surface area contributed by atoms with Crippen LogP contribution >= 0.6 is 0 Å². The molecule has 0 fully saturated rings. The Kier molecular flexibility index (Phi) is 4.52. The molecule has 16 heavy (non-hydrogen) atoms. The third-order valence-corrected chi connectivity index (χ3v) is 2.30. The highest BCUT2D eigenvalue weighted by molar-refractivity contribution is 6.58. The van der Waals surface area contributed by atoms with Crippen LogP contribution in [0.4, 0.5) is 0 Å². The normalized spacial score (nSPS) is 12.0. The average molecular weight is 222 g/mol. The summed E-state index contributed by atoms with van der Waals surface area (Å²) in [5, 5.41) is 17.9. The van der Waals surface area contributed by atoms with Crippen molar-refractivity contribution >= 4 is 18.6 Å². The molecule has 0 saturated carbocycles. The van der Waals surface area contributed by atoms with Crippen molar-refractivity contribution in [3.63, 3.8) is 0 Å². The molecule has 0 aliphatic rings. The predicted molar refractivity (Wildman–Crippen MR) is 61.4 cm³/mol. The Morgan fingerprint density at radius 1 is 1.50 bits per heavy atom. The van der Waals surface area contributed by atoms with Crippen molar-refractivity contribution in [1.82, 2.24) is 0 Å². The van der Waals surface area contributed by atoms with Crippen LogP contribution in [0.25, 0.3) is 0 Å². The molecule has 0 radical (unpaired) electrons. The van der Waals surface area contributed by atoms with Crippen LogP contribution in [0.15, 0.2) is 24.3 Å². The first-order chi connectivity index (χ1) is 7.54. The number of carbonyl (C=O) groups is 1. The maximum absolute atomic E-state index is 11.6. The van der Waals surface area contributed by atoms with Gasteiger partial charge in [-0.2, -0.15) is 0 Å². The van der Waals surface area contributed by atoms with Crippen LogP contribution in [0.3, 0.4) is 0 Å². The molecule has 1 unspecified atom stereocenters. The van der Waals surface area contributed by atoms with E-state index in [9.17, 15) is 4.79 Å². The number of hydrogen-bond donors (Lipinski definition) is 2. The molecule has 1 atom stereocenters. The summed E-state index contributed by atoms with van der Waals surface area (Å²) in [5.74, 6) is -0.447. The molecule has 5 heteroatoms. The molecule has 0 bridgehead atoms. The summed E-state index contributed by atoms with van der Waals surface area (Å²) in [6.45, 7) is 3.73. The van der Waals surface area contributed by atoms with E-state index >= 15 is 0 Å². The van der Waals surface area contributed by atoms with Crippen molar-refractivity contribution in [2.75, 3.05) is 0 Å². The maximum Gasteiger partial charge on any atom is 0.488 e. The topological polar surface area (TPSA) is 66.8 Å². The molecule has 0 aromatic heterocycles. The monoisotopic (exact) mass is 222 g/mol. The van der Waals surface area contributed by atoms with Crippen molar-refractivity contribution in [1.29, 1.82) is 0 Å². The van der Waals surface area contributed by atoms with Crippen LogP contribution in [0.1, 0.15) is 30.6 Å². The summed E-state index contributed by atoms with van der Waals surface area (Å²) in [7, 11) is -1.57. The van der Waals surface area contributed by atoms with Crippen molar-refractivity contribution in [2.24, 2.45) is 0 Å². The zero-order valence-corrected chi connectivity index (χ0v) is 9.38. The summed E-state index contributed by atoms with van der Waals surface area (Å²) in [5.41, 5.74) is 0.601. The fourth-order valence-corrected chi connectivity index (χ4v) is 1.16. The SMILES string of the molecule is CCC(C)OC(=O)c1cccc(B(O)O)c1. The number of hydrogen-bond acceptors (Lipinski definition) is 4. The van der Waals surface area contributed by atoms with Gasteiger partial charge in [0.05, 0.1) is 11.7 Å². The first kappa shape index (κ1) is 12.7. The van der Waals surface area contributed by atoms with Gasteiger partial charge in [0.25, 0.3) is 0 Å². The van der Waals surface area contributed by atoms with Crippen LogP contribution in [0.2, 0.25) is 0 Å². The minimum absolute atomic E-state index is 0.143. The second-order valence-corrected chi connectivity index (χ2v) is 3.62. The first-order valence-corrected chi connectivity index (χ1v) is 5.21. The quantitative estimate of drug-likeness (QED) is 0.568. The molecule has 0 aliphatic carbocycles. The van der Waals surface area contributed by atoms with E-state index < -0.39 is 13.1 Å². The van der Waals surface area contributed by atoms with Gasteiger partial charge in [-0.15, -0.1) is 0 Å². The minimum Gasteiger partial charge on any atom is -0.459 e. The van der Waals surface area contributed by atoms with Crippen molar-refractivity contribution in [3.05, 3.63) is 29.8 Å². The lowest BCUT2D eigenvalue weighted by molar-refractivity contribution is 0.0334. The van der Waals surface area contributed by atoms with Crippen LogP contribution in [-0.2, 0) is 4.74 Å². The molecule has 0 heterocycles. The molecule has 2 N–H and O–H groups in total. The smallest absolute Gasteiger partial charge is 0.459 e. The fraction of sp³-hybridized carbons (Fsp3) is 0.364. The molecule has 0 saturated heterocycles. The van der Waals surface area contributed by atoms with E-state index in [0.717, 1.165) is 6.42 Å². The van der Waals surface area contributed by atoms with E-state index in [1.54, 1.807) is 12.1 Å². The highest BCUT2D eigenvalue weighted by Crippen LogP contribution is 2.04. The van der Waals surface area contributed by atoms with Gasteiger partial charge in [-0.3, -0.25) is 0 Å². The van der Waals surface area contributed by atoms with Crippen LogP contribution in [-0.4, -0.2) is 29.2 Å². The van der Waals surface area contributed by atoms with E-state index in [2.05, 4.69) is 0 Å². The Bertz CT molecular complexity index is 365. The van der Waals surface area contributed by atoms with Crippen LogP contribution in [0.5, 0.6) is 0 Å². The second-order valence-electron chi connectivity index (χ2n) is 3.62. The van der Waals surface area contributed by atoms with Gasteiger partial charge in [-0.05, 0) is 30.9 Å². The number of benzene rings is 1. The highest BCUT2D eigenvalue weighted by atomic mass is 16.5. The standard InChI is InChI=1S/C11H15BO4/c1-3-8(2)16-11(13)9-5-4-6-10(7-9)12(14)15/h4-8,14-15H,3H2,1-2H3. The minimum atomic E-state index is -1.57. The molecule has 4 nitrogen and oxygen atoms in total. The van der Waals surface area contributed by atoms with E-state index in [0.29, 0.717) is 5.56 Å². The summed E-state index contributed by atoms with van der Waals surface area (Å²) in [6.07, 6.45) is 0.601. The summed E-state index contributed by atoms with van der Waals surface area (Å²) >= 11 is 0. The van der Waals surface area contributed by atoms with Gasteiger partial charge in [0.2, 0.25) is 0 Å². The molecular weight excluding hydrogens is 207 g/mol. The van der Waals surface area contributed by atoms with E-state index in [-0.39, 0.29) is 11.6 Å². The third kappa shape index (κ3) is 3.36. The molecule has 0 aliphatic heterocycles. The number of esters is 1. The summed E-state index contributed by atoms with van der Waals surface area (Å²) in [6, 6.07) is 6.11. The zero-order valence-electron chi connectivity index (χ0n) is 9.38. The lowest BCUT2D eigenvalue weighted by atomic mass is 9.80. The molecule has 0 spiro atoms. The Morgan fingerprint density at radius 3 is 2.75 bits per heavy atom. The van der Waals surface area contributed by atoms with Crippen LogP contribution < -0.4 is 5.46 Å². The van der Waals surface area contributed by atoms with Gasteiger partial charge >= 0.3 is 13.1 Å². The first-order valence-electron chi connectivity index (χ1n) is 5.21. The zero-order chi connectivity index (χ0) is 12.1. The molecular formula is C11H15BO4. The lowest BCUT2D eigenvalue weighted by Gasteiger charge is -2.11. The fourth-order valence-electron chi connectivity index (χ4n) is 1.16. The molecule has 86 valence electrons. The van der Waals surface area contributed by atoms with E-state index in [4.69, 9.17) is 14.8 Å². The summed E-state index contributed by atoms with van der Waals surface area (Å²) in [4.78, 5) is 11.6. The second kappa shape index (κ2) is 5.68. The van der Waals surface area contributed by atoms with Crippen molar-refractivity contribution < 1.29 is 19.6 Å². The van der Waals surface area contributed by atoms with Gasteiger partial charge < -0.3 is 14.8 Å². The number of carbonyl (C=O) groups excluding carboxylic acids is 1. The number of rotatable bonds is 4. The van der Waals surface area contributed by atoms with E-state index in [1.807, 2.05) is 13.8 Å². The van der Waals surface area contributed by atoms with Crippen LogP contribution in [0, 0.1) is 0 Å². The van der Waals surface area contributed by atoms with Gasteiger partial charge in [0.1, 0.15) is 0 Å². The van der Waals surface area contributed by atoms with Crippen molar-refractivity contribution in [3.8, 4) is 0 Å². The Hall–Kier alpha value is -1.33. The molecule has 1 aromatic carbocycles. The Morgan fingerprint density at radius 2 is 2.19 bits per heavy atom. The summed E-state index contributed by atoms with van der Waals surface area (Å²) < 4.78 is 5.12. The molecule has 1 rings (SSSR count). The molecule has 0 amide bonds. The molecule has 1 aromatic rings. The Labute approximate surface area is 95.0 Å². The largest absolute Gasteiger partial charge is 0.488 e. The van der Waals surface area contributed by atoms with E-state index in [1.165, 1.54) is 12.1 Å². The third-order valence-electron chi connectivity index (χ3n) is 2.30. The van der Waals surface area contributed by atoms with Gasteiger partial charge in [-0.1, -0.05) is 19.1 Å². The number of ether oxygens (including phenoxy) is 1. The van der Waals surface area contributed by atoms with Crippen molar-refractivity contribution in [2.45, 2.75) is 26.4 Å². The lowest BCUT2D eigenvalue weighted by Crippen LogP contribution is -2.30. The Balaban J connectivity index is 2.79. The van der Waals surface area contributed by atoms with Gasteiger partial charge in [0.15, 0.2) is 0 Å². The van der Waals surface area contributed by atoms with Gasteiger partial charge in [0, 0.05) is 0 Å². The average Bonchev–Trinajstić information content (AvgIpc) is 2.28. The highest BCUT2D eigenvalue weighted by Gasteiger charge is 2.15.